The van der Waals surface area contributed by atoms with E-state index in [1.54, 1.807) is 7.05 Å². The standard InChI is InChI=1S/C11H17N5O3/c1-12-11-14-6-9(16(17)18)10(15-11)13-5-8-3-2-4-19-7-8/h6,8H,2-5,7H2,1H3,(H2,12,13,14,15). The molecule has 1 aliphatic rings. The minimum atomic E-state index is -0.487. The molecule has 8 heteroatoms. The summed E-state index contributed by atoms with van der Waals surface area (Å²) in [6.45, 7) is 2.10. The number of nitrogens with zero attached hydrogens (tertiary/aromatic N) is 3. The van der Waals surface area contributed by atoms with Gasteiger partial charge >= 0.3 is 5.69 Å². The minimum absolute atomic E-state index is 0.115. The van der Waals surface area contributed by atoms with Crippen LogP contribution in [0.3, 0.4) is 0 Å². The number of aromatic nitrogens is 2. The molecule has 1 fully saturated rings. The van der Waals surface area contributed by atoms with Crippen molar-refractivity contribution in [3.8, 4) is 0 Å². The summed E-state index contributed by atoms with van der Waals surface area (Å²) in [5.41, 5.74) is -0.115. The van der Waals surface area contributed by atoms with Crippen molar-refractivity contribution in [2.45, 2.75) is 12.8 Å². The second-order valence-corrected chi connectivity index (χ2v) is 4.40. The fourth-order valence-corrected chi connectivity index (χ4v) is 1.97. The minimum Gasteiger partial charge on any atom is -0.381 e. The van der Waals surface area contributed by atoms with Crippen molar-refractivity contribution in [3.05, 3.63) is 16.3 Å². The quantitative estimate of drug-likeness (QED) is 0.611. The Kier molecular flexibility index (Phi) is 4.45. The maximum Gasteiger partial charge on any atom is 0.329 e. The first-order chi connectivity index (χ1) is 9.20. The zero-order chi connectivity index (χ0) is 13.7. The van der Waals surface area contributed by atoms with Gasteiger partial charge in [0.15, 0.2) is 0 Å². The van der Waals surface area contributed by atoms with Crippen molar-refractivity contribution >= 4 is 17.5 Å². The van der Waals surface area contributed by atoms with Gasteiger partial charge in [-0.3, -0.25) is 10.1 Å². The fourth-order valence-electron chi connectivity index (χ4n) is 1.97. The second-order valence-electron chi connectivity index (χ2n) is 4.40. The zero-order valence-corrected chi connectivity index (χ0v) is 10.8. The lowest BCUT2D eigenvalue weighted by molar-refractivity contribution is -0.384. The van der Waals surface area contributed by atoms with E-state index in [1.165, 1.54) is 6.20 Å². The molecule has 0 amide bonds. The van der Waals surface area contributed by atoms with Gasteiger partial charge in [0.2, 0.25) is 11.8 Å². The van der Waals surface area contributed by atoms with Gasteiger partial charge in [-0.1, -0.05) is 0 Å². The smallest absolute Gasteiger partial charge is 0.329 e. The molecule has 2 rings (SSSR count). The van der Waals surface area contributed by atoms with Gasteiger partial charge in [-0.05, 0) is 18.8 Å². The predicted molar refractivity (Wildman–Crippen MR) is 70.3 cm³/mol. The van der Waals surface area contributed by atoms with Gasteiger partial charge in [-0.25, -0.2) is 4.98 Å². The van der Waals surface area contributed by atoms with Crippen molar-refractivity contribution < 1.29 is 9.66 Å². The van der Waals surface area contributed by atoms with E-state index in [-0.39, 0.29) is 11.5 Å². The molecule has 1 saturated heterocycles. The number of rotatable bonds is 5. The van der Waals surface area contributed by atoms with E-state index >= 15 is 0 Å². The first-order valence-electron chi connectivity index (χ1n) is 6.21. The predicted octanol–water partition coefficient (Wildman–Crippen LogP) is 1.26. The lowest BCUT2D eigenvalue weighted by Gasteiger charge is -2.22. The van der Waals surface area contributed by atoms with Crippen LogP contribution in [-0.4, -0.2) is 41.7 Å². The van der Waals surface area contributed by atoms with Gasteiger partial charge < -0.3 is 15.4 Å². The van der Waals surface area contributed by atoms with Crippen molar-refractivity contribution in [2.24, 2.45) is 5.92 Å². The van der Waals surface area contributed by atoms with Gasteiger partial charge in [-0.15, -0.1) is 0 Å². The summed E-state index contributed by atoms with van der Waals surface area (Å²) in [5, 5.41) is 16.7. The Bertz CT molecular complexity index is 448. The largest absolute Gasteiger partial charge is 0.381 e. The monoisotopic (exact) mass is 267 g/mol. The number of hydrogen-bond acceptors (Lipinski definition) is 7. The molecule has 0 aliphatic carbocycles. The molecule has 1 aromatic rings. The summed E-state index contributed by atoms with van der Waals surface area (Å²) >= 11 is 0. The van der Waals surface area contributed by atoms with Crippen LogP contribution in [0, 0.1) is 16.0 Å². The molecule has 8 nitrogen and oxygen atoms in total. The summed E-state index contributed by atoms with van der Waals surface area (Å²) in [4.78, 5) is 18.4. The summed E-state index contributed by atoms with van der Waals surface area (Å²) in [5.74, 6) is 0.962. The Morgan fingerprint density at radius 1 is 1.63 bits per heavy atom. The summed E-state index contributed by atoms with van der Waals surface area (Å²) in [6, 6.07) is 0. The van der Waals surface area contributed by atoms with Crippen LogP contribution in [0.1, 0.15) is 12.8 Å². The highest BCUT2D eigenvalue weighted by molar-refractivity contribution is 5.56. The van der Waals surface area contributed by atoms with Crippen molar-refractivity contribution in [2.75, 3.05) is 37.4 Å². The number of nitro groups is 1. The Labute approximate surface area is 110 Å². The molecular weight excluding hydrogens is 250 g/mol. The molecule has 1 unspecified atom stereocenters. The van der Waals surface area contributed by atoms with Crippen LogP contribution < -0.4 is 10.6 Å². The van der Waals surface area contributed by atoms with Crippen LogP contribution in [0.4, 0.5) is 17.5 Å². The highest BCUT2D eigenvalue weighted by atomic mass is 16.6. The van der Waals surface area contributed by atoms with Crippen LogP contribution in [-0.2, 0) is 4.74 Å². The van der Waals surface area contributed by atoms with Gasteiger partial charge in [0.25, 0.3) is 0 Å². The SMILES string of the molecule is CNc1ncc([N+](=O)[O-])c(NCC2CCCOC2)n1. The zero-order valence-electron chi connectivity index (χ0n) is 10.8. The molecule has 2 N–H and O–H groups in total. The molecule has 1 aromatic heterocycles. The molecule has 0 saturated carbocycles. The molecular formula is C11H17N5O3. The Hall–Kier alpha value is -1.96. The van der Waals surface area contributed by atoms with Crippen molar-refractivity contribution in [1.82, 2.24) is 9.97 Å². The summed E-state index contributed by atoms with van der Waals surface area (Å²) in [7, 11) is 1.67. The normalized spacial score (nSPS) is 18.9. The molecule has 2 heterocycles. The topological polar surface area (TPSA) is 102 Å². The molecule has 19 heavy (non-hydrogen) atoms. The lowest BCUT2D eigenvalue weighted by Crippen LogP contribution is -2.25. The van der Waals surface area contributed by atoms with Crippen LogP contribution in [0.5, 0.6) is 0 Å². The van der Waals surface area contributed by atoms with E-state index in [4.69, 9.17) is 4.74 Å². The number of nitrogens with one attached hydrogen (secondary N) is 2. The van der Waals surface area contributed by atoms with E-state index < -0.39 is 4.92 Å². The van der Waals surface area contributed by atoms with E-state index in [2.05, 4.69) is 20.6 Å². The molecule has 0 radical (unpaired) electrons. The first-order valence-corrected chi connectivity index (χ1v) is 6.21. The van der Waals surface area contributed by atoms with Crippen molar-refractivity contribution in [3.63, 3.8) is 0 Å². The Morgan fingerprint density at radius 3 is 3.11 bits per heavy atom. The summed E-state index contributed by atoms with van der Waals surface area (Å²) in [6.07, 6.45) is 3.29. The van der Waals surface area contributed by atoms with Crippen LogP contribution in [0.2, 0.25) is 0 Å². The van der Waals surface area contributed by atoms with Crippen LogP contribution >= 0.6 is 0 Å². The molecule has 1 atom stereocenters. The van der Waals surface area contributed by atoms with Gasteiger partial charge in [0, 0.05) is 20.2 Å². The van der Waals surface area contributed by atoms with Gasteiger partial charge in [-0.2, -0.15) is 4.98 Å². The molecule has 0 bridgehead atoms. The third-order valence-corrected chi connectivity index (χ3v) is 3.00. The molecule has 0 spiro atoms. The maximum absolute atomic E-state index is 10.9. The van der Waals surface area contributed by atoms with Crippen LogP contribution in [0.25, 0.3) is 0 Å². The Balaban J connectivity index is 2.06. The number of hydrogen-bond donors (Lipinski definition) is 2. The van der Waals surface area contributed by atoms with E-state index in [0.717, 1.165) is 19.4 Å². The number of ether oxygens (including phenoxy) is 1. The van der Waals surface area contributed by atoms with Gasteiger partial charge in [0.05, 0.1) is 11.5 Å². The summed E-state index contributed by atoms with van der Waals surface area (Å²) < 4.78 is 5.37. The third kappa shape index (κ3) is 3.50. The van der Waals surface area contributed by atoms with E-state index in [9.17, 15) is 10.1 Å². The highest BCUT2D eigenvalue weighted by Gasteiger charge is 2.19. The average molecular weight is 267 g/mol. The number of anilines is 2. The lowest BCUT2D eigenvalue weighted by atomic mass is 10.0. The first kappa shape index (κ1) is 13.5. The molecule has 0 aromatic carbocycles. The second kappa shape index (κ2) is 6.28. The third-order valence-electron chi connectivity index (χ3n) is 3.00. The molecule has 104 valence electrons. The van der Waals surface area contributed by atoms with Gasteiger partial charge in [0.1, 0.15) is 6.20 Å². The van der Waals surface area contributed by atoms with E-state index in [0.29, 0.717) is 25.0 Å². The highest BCUT2D eigenvalue weighted by Crippen LogP contribution is 2.23. The molecule has 1 aliphatic heterocycles. The fraction of sp³-hybridized carbons (Fsp3) is 0.636. The van der Waals surface area contributed by atoms with Crippen LogP contribution in [0.15, 0.2) is 6.20 Å². The average Bonchev–Trinajstić information content (AvgIpc) is 2.45. The Morgan fingerprint density at radius 2 is 2.47 bits per heavy atom. The van der Waals surface area contributed by atoms with Crippen molar-refractivity contribution in [1.29, 1.82) is 0 Å². The van der Waals surface area contributed by atoms with E-state index in [1.807, 2.05) is 0 Å². The maximum atomic E-state index is 10.9.